The Morgan fingerprint density at radius 3 is 2.37 bits per heavy atom. The highest BCUT2D eigenvalue weighted by molar-refractivity contribution is 6.30. The Hall–Kier alpha value is -1.81. The maximum atomic E-state index is 6.01. The van der Waals surface area contributed by atoms with E-state index in [9.17, 15) is 0 Å². The van der Waals surface area contributed by atoms with Crippen molar-refractivity contribution in [2.24, 2.45) is 0 Å². The molecule has 0 atom stereocenters. The van der Waals surface area contributed by atoms with E-state index in [-0.39, 0.29) is 0 Å². The fourth-order valence-corrected chi connectivity index (χ4v) is 1.90. The molecule has 1 aromatic heterocycles. The standard InChI is InChI=1S/C14H15ClN2O2/c1-3-12-13(15)16-9-17-14(12)19-11-7-5-10(6-8-11)18-4-2/h5-9H,3-4H2,1-2H3. The second-order valence-electron chi connectivity index (χ2n) is 3.81. The Bertz CT molecular complexity index is 544. The van der Waals surface area contributed by atoms with E-state index in [1.165, 1.54) is 6.33 Å². The van der Waals surface area contributed by atoms with Gasteiger partial charge in [-0.05, 0) is 37.6 Å². The van der Waals surface area contributed by atoms with E-state index in [0.29, 0.717) is 29.8 Å². The summed E-state index contributed by atoms with van der Waals surface area (Å²) in [7, 11) is 0. The molecule has 2 rings (SSSR count). The van der Waals surface area contributed by atoms with Crippen molar-refractivity contribution >= 4 is 11.6 Å². The van der Waals surface area contributed by atoms with Crippen molar-refractivity contribution in [3.05, 3.63) is 41.3 Å². The van der Waals surface area contributed by atoms with E-state index in [4.69, 9.17) is 21.1 Å². The first-order valence-corrected chi connectivity index (χ1v) is 6.52. The van der Waals surface area contributed by atoms with Gasteiger partial charge in [0.2, 0.25) is 5.88 Å². The van der Waals surface area contributed by atoms with E-state index in [1.807, 2.05) is 38.1 Å². The van der Waals surface area contributed by atoms with Crippen LogP contribution < -0.4 is 9.47 Å². The van der Waals surface area contributed by atoms with Crippen molar-refractivity contribution in [3.63, 3.8) is 0 Å². The van der Waals surface area contributed by atoms with Crippen LogP contribution in [0, 0.1) is 0 Å². The molecule has 0 bridgehead atoms. The Morgan fingerprint density at radius 2 is 1.74 bits per heavy atom. The molecule has 1 heterocycles. The van der Waals surface area contributed by atoms with Crippen LogP contribution in [0.5, 0.6) is 17.4 Å². The Morgan fingerprint density at radius 1 is 1.05 bits per heavy atom. The van der Waals surface area contributed by atoms with Crippen molar-refractivity contribution < 1.29 is 9.47 Å². The van der Waals surface area contributed by atoms with Crippen molar-refractivity contribution in [1.82, 2.24) is 9.97 Å². The monoisotopic (exact) mass is 278 g/mol. The quantitative estimate of drug-likeness (QED) is 0.779. The highest BCUT2D eigenvalue weighted by Gasteiger charge is 2.10. The van der Waals surface area contributed by atoms with E-state index >= 15 is 0 Å². The zero-order valence-corrected chi connectivity index (χ0v) is 11.6. The summed E-state index contributed by atoms with van der Waals surface area (Å²) in [5, 5.41) is 0.429. The van der Waals surface area contributed by atoms with Gasteiger partial charge in [-0.1, -0.05) is 18.5 Å². The predicted octanol–water partition coefficient (Wildman–Crippen LogP) is 3.88. The molecule has 0 N–H and O–H groups in total. The maximum absolute atomic E-state index is 6.01. The molecular formula is C14H15ClN2O2. The Balaban J connectivity index is 2.19. The van der Waals surface area contributed by atoms with Crippen molar-refractivity contribution in [1.29, 1.82) is 0 Å². The third-order valence-corrected chi connectivity index (χ3v) is 2.88. The molecule has 2 aromatic rings. The summed E-state index contributed by atoms with van der Waals surface area (Å²) in [6.07, 6.45) is 2.11. The van der Waals surface area contributed by atoms with Crippen LogP contribution in [-0.2, 0) is 6.42 Å². The van der Waals surface area contributed by atoms with E-state index in [2.05, 4.69) is 9.97 Å². The zero-order chi connectivity index (χ0) is 13.7. The number of benzene rings is 1. The van der Waals surface area contributed by atoms with Crippen LogP contribution in [-0.4, -0.2) is 16.6 Å². The lowest BCUT2D eigenvalue weighted by molar-refractivity contribution is 0.339. The second kappa shape index (κ2) is 6.38. The van der Waals surface area contributed by atoms with E-state index in [0.717, 1.165) is 11.3 Å². The molecular weight excluding hydrogens is 264 g/mol. The van der Waals surface area contributed by atoms with Gasteiger partial charge in [0.1, 0.15) is 23.0 Å². The summed E-state index contributed by atoms with van der Waals surface area (Å²) in [5.74, 6) is 1.99. The van der Waals surface area contributed by atoms with Gasteiger partial charge in [0.15, 0.2) is 0 Å². The normalized spacial score (nSPS) is 10.3. The molecule has 0 spiro atoms. The molecule has 0 unspecified atom stereocenters. The highest BCUT2D eigenvalue weighted by atomic mass is 35.5. The number of halogens is 1. The summed E-state index contributed by atoms with van der Waals surface area (Å²) >= 11 is 6.01. The molecule has 1 aromatic carbocycles. The minimum atomic E-state index is 0.429. The Labute approximate surface area is 117 Å². The first-order valence-electron chi connectivity index (χ1n) is 6.14. The van der Waals surface area contributed by atoms with Crippen LogP contribution in [0.1, 0.15) is 19.4 Å². The van der Waals surface area contributed by atoms with Gasteiger partial charge in [-0.3, -0.25) is 0 Å². The minimum absolute atomic E-state index is 0.429. The van der Waals surface area contributed by atoms with Crippen LogP contribution in [0.2, 0.25) is 5.15 Å². The largest absolute Gasteiger partial charge is 0.494 e. The molecule has 0 aliphatic carbocycles. The van der Waals surface area contributed by atoms with Gasteiger partial charge in [-0.2, -0.15) is 0 Å². The molecule has 0 saturated carbocycles. The number of hydrogen-bond donors (Lipinski definition) is 0. The Kier molecular flexibility index (Phi) is 4.58. The first-order chi connectivity index (χ1) is 9.24. The van der Waals surface area contributed by atoms with Crippen molar-refractivity contribution in [2.75, 3.05) is 6.61 Å². The number of hydrogen-bond acceptors (Lipinski definition) is 4. The smallest absolute Gasteiger partial charge is 0.226 e. The van der Waals surface area contributed by atoms with E-state index in [1.54, 1.807) is 0 Å². The van der Waals surface area contributed by atoms with Gasteiger partial charge in [-0.15, -0.1) is 0 Å². The lowest BCUT2D eigenvalue weighted by Crippen LogP contribution is -1.97. The summed E-state index contributed by atoms with van der Waals surface area (Å²) < 4.78 is 11.1. The average Bonchev–Trinajstić information content (AvgIpc) is 2.42. The van der Waals surface area contributed by atoms with Gasteiger partial charge in [0.25, 0.3) is 0 Å². The molecule has 0 aliphatic rings. The van der Waals surface area contributed by atoms with E-state index < -0.39 is 0 Å². The molecule has 5 heteroatoms. The number of ether oxygens (including phenoxy) is 2. The molecule has 19 heavy (non-hydrogen) atoms. The molecule has 0 aliphatic heterocycles. The fourth-order valence-electron chi connectivity index (χ4n) is 1.64. The third kappa shape index (κ3) is 3.35. The van der Waals surface area contributed by atoms with Crippen LogP contribution in [0.4, 0.5) is 0 Å². The zero-order valence-electron chi connectivity index (χ0n) is 10.9. The van der Waals surface area contributed by atoms with Crippen molar-refractivity contribution in [2.45, 2.75) is 20.3 Å². The number of aromatic nitrogens is 2. The molecule has 0 amide bonds. The molecule has 0 fully saturated rings. The molecule has 100 valence electrons. The number of nitrogens with zero attached hydrogens (tertiary/aromatic N) is 2. The van der Waals surface area contributed by atoms with Gasteiger partial charge in [0.05, 0.1) is 12.2 Å². The maximum Gasteiger partial charge on any atom is 0.226 e. The van der Waals surface area contributed by atoms with Gasteiger partial charge >= 0.3 is 0 Å². The minimum Gasteiger partial charge on any atom is -0.494 e. The van der Waals surface area contributed by atoms with Gasteiger partial charge in [-0.25, -0.2) is 9.97 Å². The number of rotatable bonds is 5. The van der Waals surface area contributed by atoms with Crippen LogP contribution >= 0.6 is 11.6 Å². The molecule has 0 saturated heterocycles. The average molecular weight is 279 g/mol. The summed E-state index contributed by atoms with van der Waals surface area (Å²) in [4.78, 5) is 8.06. The SMILES string of the molecule is CCOc1ccc(Oc2ncnc(Cl)c2CC)cc1. The lowest BCUT2D eigenvalue weighted by atomic mass is 10.2. The molecule has 4 nitrogen and oxygen atoms in total. The lowest BCUT2D eigenvalue weighted by Gasteiger charge is -2.10. The van der Waals surface area contributed by atoms with Gasteiger partial charge in [0, 0.05) is 0 Å². The van der Waals surface area contributed by atoms with Crippen LogP contribution in [0.3, 0.4) is 0 Å². The third-order valence-electron chi connectivity index (χ3n) is 2.56. The summed E-state index contributed by atoms with van der Waals surface area (Å²) in [5.41, 5.74) is 0.804. The topological polar surface area (TPSA) is 44.2 Å². The highest BCUT2D eigenvalue weighted by Crippen LogP contribution is 2.28. The van der Waals surface area contributed by atoms with Crippen LogP contribution in [0.25, 0.3) is 0 Å². The van der Waals surface area contributed by atoms with Crippen LogP contribution in [0.15, 0.2) is 30.6 Å². The summed E-state index contributed by atoms with van der Waals surface area (Å²) in [6.45, 7) is 4.57. The van der Waals surface area contributed by atoms with Crippen molar-refractivity contribution in [3.8, 4) is 17.4 Å². The fraction of sp³-hybridized carbons (Fsp3) is 0.286. The first kappa shape index (κ1) is 13.6. The summed E-state index contributed by atoms with van der Waals surface area (Å²) in [6, 6.07) is 7.38. The molecule has 0 radical (unpaired) electrons. The predicted molar refractivity (Wildman–Crippen MR) is 74.1 cm³/mol. The van der Waals surface area contributed by atoms with Gasteiger partial charge < -0.3 is 9.47 Å². The second-order valence-corrected chi connectivity index (χ2v) is 4.17.